The maximum Gasteiger partial charge on any atom is 0.0759 e. The molecule has 0 radical (unpaired) electrons. The van der Waals surface area contributed by atoms with Crippen molar-refractivity contribution in [2.45, 2.75) is 39.8 Å². The van der Waals surface area contributed by atoms with Crippen LogP contribution in [0.25, 0.3) is 0 Å². The first kappa shape index (κ1) is 15.3. The number of rotatable bonds is 6. The summed E-state index contributed by atoms with van der Waals surface area (Å²) in [6, 6.07) is 8.89. The van der Waals surface area contributed by atoms with Crippen LogP contribution in [0.15, 0.2) is 34.9 Å². The number of hydrogen-bond donors (Lipinski definition) is 1. The van der Waals surface area contributed by atoms with E-state index in [1.165, 1.54) is 16.8 Å². The lowest BCUT2D eigenvalue weighted by molar-refractivity contribution is 0.528. The molecule has 0 saturated heterocycles. The van der Waals surface area contributed by atoms with Gasteiger partial charge in [0.2, 0.25) is 0 Å². The maximum absolute atomic E-state index is 4.44. The summed E-state index contributed by atoms with van der Waals surface area (Å²) in [5, 5.41) is 8.07. The highest BCUT2D eigenvalue weighted by atomic mass is 79.9. The molecule has 0 saturated carbocycles. The van der Waals surface area contributed by atoms with Crippen LogP contribution in [0, 0.1) is 6.92 Å². The van der Waals surface area contributed by atoms with E-state index in [1.54, 1.807) is 0 Å². The number of aromatic nitrogens is 2. The van der Waals surface area contributed by atoms with Gasteiger partial charge in [0, 0.05) is 6.54 Å². The first-order valence-corrected chi connectivity index (χ1v) is 7.97. The number of nitrogens with zero attached hydrogens (tertiary/aromatic N) is 2. The minimum Gasteiger partial charge on any atom is -0.305 e. The largest absolute Gasteiger partial charge is 0.305 e. The third-order valence-electron chi connectivity index (χ3n) is 3.42. The Morgan fingerprint density at radius 2 is 1.95 bits per heavy atom. The van der Waals surface area contributed by atoms with Gasteiger partial charge in [0.05, 0.1) is 22.4 Å². The van der Waals surface area contributed by atoms with E-state index in [1.807, 2.05) is 6.20 Å². The van der Waals surface area contributed by atoms with Crippen molar-refractivity contribution >= 4 is 15.9 Å². The smallest absolute Gasteiger partial charge is 0.0759 e. The third kappa shape index (κ3) is 3.30. The molecular weight excluding hydrogens is 314 g/mol. The van der Waals surface area contributed by atoms with Gasteiger partial charge in [0.1, 0.15) is 0 Å². The van der Waals surface area contributed by atoms with Crippen molar-refractivity contribution in [2.24, 2.45) is 0 Å². The van der Waals surface area contributed by atoms with Gasteiger partial charge in [-0.25, -0.2) is 0 Å². The summed E-state index contributed by atoms with van der Waals surface area (Å²) in [6.07, 6.45) is 2.99. The summed E-state index contributed by atoms with van der Waals surface area (Å²) < 4.78 is 3.12. The fraction of sp³-hybridized carbons (Fsp3) is 0.438. The molecule has 1 N–H and O–H groups in total. The van der Waals surface area contributed by atoms with Crippen molar-refractivity contribution in [3.05, 3.63) is 51.8 Å². The minimum absolute atomic E-state index is 0.173. The highest BCUT2D eigenvalue weighted by Gasteiger charge is 2.20. The highest BCUT2D eigenvalue weighted by Crippen LogP contribution is 2.28. The first-order valence-electron chi connectivity index (χ1n) is 7.18. The van der Waals surface area contributed by atoms with E-state index in [-0.39, 0.29) is 6.04 Å². The van der Waals surface area contributed by atoms with Gasteiger partial charge in [-0.3, -0.25) is 4.68 Å². The molecule has 0 aliphatic heterocycles. The third-order valence-corrected chi connectivity index (χ3v) is 4.03. The van der Waals surface area contributed by atoms with Gasteiger partial charge in [-0.05, 0) is 48.3 Å². The van der Waals surface area contributed by atoms with Gasteiger partial charge in [0.25, 0.3) is 0 Å². The molecule has 1 atom stereocenters. The Hall–Kier alpha value is -1.13. The molecule has 1 heterocycles. The molecule has 0 aliphatic carbocycles. The van der Waals surface area contributed by atoms with Gasteiger partial charge in [-0.2, -0.15) is 5.10 Å². The van der Waals surface area contributed by atoms with Crippen LogP contribution in [-0.2, 0) is 6.54 Å². The summed E-state index contributed by atoms with van der Waals surface area (Å²) in [6.45, 7) is 8.28. The molecule has 108 valence electrons. The summed E-state index contributed by atoms with van der Waals surface area (Å²) in [5.74, 6) is 0. The number of aryl methyl sites for hydroxylation is 2. The van der Waals surface area contributed by atoms with Crippen LogP contribution in [0.4, 0.5) is 0 Å². The van der Waals surface area contributed by atoms with E-state index in [4.69, 9.17) is 0 Å². The maximum atomic E-state index is 4.44. The second kappa shape index (κ2) is 7.04. The Morgan fingerprint density at radius 1 is 1.25 bits per heavy atom. The molecule has 2 rings (SSSR count). The molecule has 0 bridgehead atoms. The molecule has 20 heavy (non-hydrogen) atoms. The second-order valence-corrected chi connectivity index (χ2v) is 5.85. The lowest BCUT2D eigenvalue weighted by atomic mass is 10.0. The average molecular weight is 336 g/mol. The zero-order chi connectivity index (χ0) is 14.5. The van der Waals surface area contributed by atoms with E-state index >= 15 is 0 Å². The van der Waals surface area contributed by atoms with Crippen LogP contribution in [0.5, 0.6) is 0 Å². The Morgan fingerprint density at radius 3 is 2.55 bits per heavy atom. The van der Waals surface area contributed by atoms with Crippen molar-refractivity contribution in [1.29, 1.82) is 0 Å². The lowest BCUT2D eigenvalue weighted by Crippen LogP contribution is -2.26. The van der Waals surface area contributed by atoms with Crippen LogP contribution >= 0.6 is 15.9 Å². The fourth-order valence-corrected chi connectivity index (χ4v) is 2.86. The Balaban J connectivity index is 2.41. The zero-order valence-corrected chi connectivity index (χ0v) is 13.9. The Kier molecular flexibility index (Phi) is 5.38. The van der Waals surface area contributed by atoms with Gasteiger partial charge >= 0.3 is 0 Å². The van der Waals surface area contributed by atoms with E-state index in [9.17, 15) is 0 Å². The molecule has 3 nitrogen and oxygen atoms in total. The van der Waals surface area contributed by atoms with Crippen molar-refractivity contribution in [3.63, 3.8) is 0 Å². The number of halogens is 1. The molecule has 0 aliphatic rings. The Labute approximate surface area is 129 Å². The highest BCUT2D eigenvalue weighted by molar-refractivity contribution is 9.10. The minimum atomic E-state index is 0.173. The molecule has 0 spiro atoms. The first-order chi connectivity index (χ1) is 9.67. The van der Waals surface area contributed by atoms with Crippen LogP contribution in [0.2, 0.25) is 0 Å². The molecule has 0 fully saturated rings. The van der Waals surface area contributed by atoms with E-state index in [0.717, 1.165) is 24.0 Å². The molecule has 0 amide bonds. The van der Waals surface area contributed by atoms with E-state index < -0.39 is 0 Å². The quantitative estimate of drug-likeness (QED) is 0.862. The molecule has 2 aromatic rings. The van der Waals surface area contributed by atoms with Gasteiger partial charge < -0.3 is 5.32 Å². The standard InChI is InChI=1S/C16H22BrN3/c1-4-10-18-15(13-8-6-12(3)7-9-13)16-14(17)11-19-20(16)5-2/h6-9,11,15,18H,4-5,10H2,1-3H3. The molecule has 1 aromatic heterocycles. The van der Waals surface area contributed by atoms with Crippen LogP contribution < -0.4 is 5.32 Å². The summed E-state index contributed by atoms with van der Waals surface area (Å²) in [4.78, 5) is 0. The van der Waals surface area contributed by atoms with Crippen molar-refractivity contribution in [1.82, 2.24) is 15.1 Å². The second-order valence-electron chi connectivity index (χ2n) is 4.99. The van der Waals surface area contributed by atoms with E-state index in [2.05, 4.69) is 76.1 Å². The predicted octanol–water partition coefficient (Wildman–Crippen LogP) is 4.06. The summed E-state index contributed by atoms with van der Waals surface area (Å²) in [7, 11) is 0. The van der Waals surface area contributed by atoms with E-state index in [0.29, 0.717) is 0 Å². The predicted molar refractivity (Wildman–Crippen MR) is 86.9 cm³/mol. The van der Waals surface area contributed by atoms with Crippen molar-refractivity contribution in [2.75, 3.05) is 6.54 Å². The zero-order valence-electron chi connectivity index (χ0n) is 12.4. The van der Waals surface area contributed by atoms with Crippen molar-refractivity contribution in [3.8, 4) is 0 Å². The van der Waals surface area contributed by atoms with Crippen LogP contribution in [0.3, 0.4) is 0 Å². The van der Waals surface area contributed by atoms with Gasteiger partial charge in [0.15, 0.2) is 0 Å². The monoisotopic (exact) mass is 335 g/mol. The number of benzene rings is 1. The van der Waals surface area contributed by atoms with Crippen LogP contribution in [0.1, 0.15) is 43.1 Å². The molecular formula is C16H22BrN3. The molecule has 4 heteroatoms. The molecule has 1 aromatic carbocycles. The average Bonchev–Trinajstić information content (AvgIpc) is 2.82. The van der Waals surface area contributed by atoms with Crippen molar-refractivity contribution < 1.29 is 0 Å². The lowest BCUT2D eigenvalue weighted by Gasteiger charge is -2.21. The fourth-order valence-electron chi connectivity index (χ4n) is 2.33. The number of hydrogen-bond acceptors (Lipinski definition) is 2. The van der Waals surface area contributed by atoms with Gasteiger partial charge in [-0.15, -0.1) is 0 Å². The topological polar surface area (TPSA) is 29.9 Å². The number of nitrogens with one attached hydrogen (secondary N) is 1. The van der Waals surface area contributed by atoms with Gasteiger partial charge in [-0.1, -0.05) is 36.8 Å². The normalized spacial score (nSPS) is 12.6. The summed E-state index contributed by atoms with van der Waals surface area (Å²) in [5.41, 5.74) is 3.76. The SMILES string of the molecule is CCCNC(c1ccc(C)cc1)c1c(Br)cnn1CC. The van der Waals surface area contributed by atoms with Crippen LogP contribution in [-0.4, -0.2) is 16.3 Å². The summed E-state index contributed by atoms with van der Waals surface area (Å²) >= 11 is 3.64. The Bertz CT molecular complexity index is 545. The molecule has 1 unspecified atom stereocenters.